The summed E-state index contributed by atoms with van der Waals surface area (Å²) in [5, 5.41) is 9.42. The summed E-state index contributed by atoms with van der Waals surface area (Å²) in [6.07, 6.45) is 0.911. The first-order chi connectivity index (χ1) is 12.4. The van der Waals surface area contributed by atoms with Crippen LogP contribution >= 0.6 is 15.9 Å². The second kappa shape index (κ2) is 9.33. The molecule has 0 spiro atoms. The average Bonchev–Trinajstić information content (AvgIpc) is 2.99. The number of ether oxygens (including phenoxy) is 1. The van der Waals surface area contributed by atoms with Gasteiger partial charge in [0.25, 0.3) is 0 Å². The fourth-order valence-electron chi connectivity index (χ4n) is 2.27. The Morgan fingerprint density at radius 1 is 1.35 bits per heavy atom. The van der Waals surface area contributed by atoms with Gasteiger partial charge in [-0.3, -0.25) is 10.1 Å². The molecule has 2 aromatic rings. The summed E-state index contributed by atoms with van der Waals surface area (Å²) in [5.41, 5.74) is 1.05. The molecule has 1 aromatic carbocycles. The first-order valence-corrected chi connectivity index (χ1v) is 9.06. The summed E-state index contributed by atoms with van der Waals surface area (Å²) in [4.78, 5) is 28.1. The van der Waals surface area contributed by atoms with E-state index in [1.165, 1.54) is 0 Å². The number of anilines is 1. The molecule has 1 aromatic heterocycles. The standard InChI is InChI=1S/C17H22BrN5O3/c1-4-26-17(25)20-14(11(2)3)15(24)21-16-19-10-23(22-16)9-12-6-5-7-13(18)8-12/h5-8,10-11,14H,4,9H2,1-3H3,(H,20,25)(H,21,22,24). The van der Waals surface area contributed by atoms with E-state index in [1.807, 2.05) is 38.1 Å². The molecule has 0 saturated carbocycles. The molecule has 0 aliphatic heterocycles. The third-order valence-electron chi connectivity index (χ3n) is 3.50. The van der Waals surface area contributed by atoms with Crippen molar-refractivity contribution in [2.24, 2.45) is 5.92 Å². The van der Waals surface area contributed by atoms with Crippen LogP contribution in [-0.4, -0.2) is 39.4 Å². The molecule has 2 amide bonds. The van der Waals surface area contributed by atoms with Gasteiger partial charge in [0.05, 0.1) is 13.2 Å². The topological polar surface area (TPSA) is 98.1 Å². The predicted molar refractivity (Wildman–Crippen MR) is 101 cm³/mol. The number of carbonyl (C=O) groups excluding carboxylic acids is 2. The van der Waals surface area contributed by atoms with Crippen LogP contribution in [-0.2, 0) is 16.1 Å². The lowest BCUT2D eigenvalue weighted by Crippen LogP contribution is -2.47. The molecule has 0 saturated heterocycles. The van der Waals surface area contributed by atoms with E-state index in [-0.39, 0.29) is 18.5 Å². The minimum Gasteiger partial charge on any atom is -0.450 e. The van der Waals surface area contributed by atoms with E-state index in [0.717, 1.165) is 10.0 Å². The molecular formula is C17H22BrN5O3. The molecule has 1 heterocycles. The van der Waals surface area contributed by atoms with Gasteiger partial charge in [-0.25, -0.2) is 14.5 Å². The van der Waals surface area contributed by atoms with E-state index in [0.29, 0.717) is 6.54 Å². The molecule has 0 fully saturated rings. The molecule has 2 rings (SSSR count). The van der Waals surface area contributed by atoms with E-state index >= 15 is 0 Å². The second-order valence-electron chi connectivity index (χ2n) is 5.97. The van der Waals surface area contributed by atoms with E-state index in [2.05, 4.69) is 36.6 Å². The zero-order valence-electron chi connectivity index (χ0n) is 14.9. The fraction of sp³-hybridized carbons (Fsp3) is 0.412. The van der Waals surface area contributed by atoms with E-state index < -0.39 is 18.0 Å². The molecule has 140 valence electrons. The number of hydrogen-bond acceptors (Lipinski definition) is 5. The van der Waals surface area contributed by atoms with Gasteiger partial charge in [0, 0.05) is 4.47 Å². The molecular weight excluding hydrogens is 402 g/mol. The molecule has 0 aliphatic rings. The third kappa shape index (κ3) is 5.83. The average molecular weight is 424 g/mol. The Balaban J connectivity index is 1.99. The quantitative estimate of drug-likeness (QED) is 0.713. The Hall–Kier alpha value is -2.42. The van der Waals surface area contributed by atoms with Crippen LogP contribution in [0.15, 0.2) is 35.1 Å². The lowest BCUT2D eigenvalue weighted by atomic mass is 10.0. The maximum atomic E-state index is 12.4. The second-order valence-corrected chi connectivity index (χ2v) is 6.89. The van der Waals surface area contributed by atoms with Gasteiger partial charge >= 0.3 is 6.09 Å². The van der Waals surface area contributed by atoms with Crippen molar-refractivity contribution in [2.75, 3.05) is 11.9 Å². The Labute approximate surface area is 160 Å². The summed E-state index contributed by atoms with van der Waals surface area (Å²) in [5.74, 6) is -0.335. The lowest BCUT2D eigenvalue weighted by molar-refractivity contribution is -0.119. The number of nitrogens with zero attached hydrogens (tertiary/aromatic N) is 3. The fourth-order valence-corrected chi connectivity index (χ4v) is 2.72. The van der Waals surface area contributed by atoms with Crippen LogP contribution in [0, 0.1) is 5.92 Å². The minimum absolute atomic E-state index is 0.122. The maximum absolute atomic E-state index is 12.4. The van der Waals surface area contributed by atoms with Crippen LogP contribution in [0.4, 0.5) is 10.7 Å². The Morgan fingerprint density at radius 2 is 2.12 bits per heavy atom. The van der Waals surface area contributed by atoms with Crippen molar-refractivity contribution in [1.82, 2.24) is 20.1 Å². The van der Waals surface area contributed by atoms with Gasteiger partial charge in [0.1, 0.15) is 12.4 Å². The van der Waals surface area contributed by atoms with Gasteiger partial charge in [-0.15, -0.1) is 5.10 Å². The highest BCUT2D eigenvalue weighted by atomic mass is 79.9. The molecule has 26 heavy (non-hydrogen) atoms. The highest BCUT2D eigenvalue weighted by Crippen LogP contribution is 2.13. The summed E-state index contributed by atoms with van der Waals surface area (Å²) in [6, 6.07) is 7.10. The van der Waals surface area contributed by atoms with Crippen molar-refractivity contribution in [3.63, 3.8) is 0 Å². The van der Waals surface area contributed by atoms with Crippen LogP contribution < -0.4 is 10.6 Å². The zero-order chi connectivity index (χ0) is 19.1. The van der Waals surface area contributed by atoms with Gasteiger partial charge < -0.3 is 10.1 Å². The maximum Gasteiger partial charge on any atom is 0.407 e. The van der Waals surface area contributed by atoms with Gasteiger partial charge in [-0.2, -0.15) is 0 Å². The first kappa shape index (κ1) is 19.9. The summed E-state index contributed by atoms with van der Waals surface area (Å²) in [7, 11) is 0. The monoisotopic (exact) mass is 423 g/mol. The molecule has 1 unspecified atom stereocenters. The normalized spacial score (nSPS) is 11.9. The van der Waals surface area contributed by atoms with Gasteiger partial charge in [-0.05, 0) is 30.5 Å². The van der Waals surface area contributed by atoms with Crippen molar-refractivity contribution in [2.45, 2.75) is 33.4 Å². The van der Waals surface area contributed by atoms with Crippen LogP contribution in [0.25, 0.3) is 0 Å². The number of alkyl carbamates (subject to hydrolysis) is 1. The van der Waals surface area contributed by atoms with Crippen molar-refractivity contribution >= 4 is 33.9 Å². The Kier molecular flexibility index (Phi) is 7.14. The molecule has 1 atom stereocenters. The number of aromatic nitrogens is 3. The summed E-state index contributed by atoms with van der Waals surface area (Å²) < 4.78 is 7.44. The Morgan fingerprint density at radius 3 is 2.77 bits per heavy atom. The third-order valence-corrected chi connectivity index (χ3v) is 4.00. The molecule has 9 heteroatoms. The van der Waals surface area contributed by atoms with E-state index in [1.54, 1.807) is 17.9 Å². The highest BCUT2D eigenvalue weighted by molar-refractivity contribution is 9.10. The lowest BCUT2D eigenvalue weighted by Gasteiger charge is -2.20. The van der Waals surface area contributed by atoms with Crippen molar-refractivity contribution in [3.05, 3.63) is 40.6 Å². The SMILES string of the molecule is CCOC(=O)NC(C(=O)Nc1ncn(Cc2cccc(Br)c2)n1)C(C)C. The van der Waals surface area contributed by atoms with Crippen LogP contribution in [0.2, 0.25) is 0 Å². The van der Waals surface area contributed by atoms with E-state index in [9.17, 15) is 9.59 Å². The van der Waals surface area contributed by atoms with Gasteiger partial charge in [-0.1, -0.05) is 41.9 Å². The number of nitrogens with one attached hydrogen (secondary N) is 2. The number of amides is 2. The smallest absolute Gasteiger partial charge is 0.407 e. The van der Waals surface area contributed by atoms with Crippen LogP contribution in [0.1, 0.15) is 26.3 Å². The van der Waals surface area contributed by atoms with Crippen molar-refractivity contribution < 1.29 is 14.3 Å². The van der Waals surface area contributed by atoms with Crippen molar-refractivity contribution in [1.29, 1.82) is 0 Å². The molecule has 2 N–H and O–H groups in total. The van der Waals surface area contributed by atoms with Crippen LogP contribution in [0.3, 0.4) is 0 Å². The first-order valence-electron chi connectivity index (χ1n) is 8.27. The van der Waals surface area contributed by atoms with E-state index in [4.69, 9.17) is 4.74 Å². The number of carbonyl (C=O) groups is 2. The minimum atomic E-state index is -0.744. The molecule has 8 nitrogen and oxygen atoms in total. The largest absolute Gasteiger partial charge is 0.450 e. The van der Waals surface area contributed by atoms with Crippen LogP contribution in [0.5, 0.6) is 0 Å². The molecule has 0 aliphatic carbocycles. The Bertz CT molecular complexity index is 762. The number of hydrogen-bond donors (Lipinski definition) is 2. The molecule has 0 radical (unpaired) electrons. The number of halogens is 1. The molecule has 0 bridgehead atoms. The number of benzene rings is 1. The summed E-state index contributed by atoms with van der Waals surface area (Å²) >= 11 is 3.43. The zero-order valence-corrected chi connectivity index (χ0v) is 16.5. The van der Waals surface area contributed by atoms with Crippen molar-refractivity contribution in [3.8, 4) is 0 Å². The predicted octanol–water partition coefficient (Wildman–Crippen LogP) is 2.80. The summed E-state index contributed by atoms with van der Waals surface area (Å²) in [6.45, 7) is 6.12. The van der Waals surface area contributed by atoms with Gasteiger partial charge in [0.15, 0.2) is 0 Å². The highest BCUT2D eigenvalue weighted by Gasteiger charge is 2.25. The number of rotatable bonds is 7. The van der Waals surface area contributed by atoms with Gasteiger partial charge in [0.2, 0.25) is 11.9 Å².